The lowest BCUT2D eigenvalue weighted by atomic mass is 9.87. The number of hydrogen-bond donors (Lipinski definition) is 0. The molecule has 2 aromatic heterocycles. The Morgan fingerprint density at radius 2 is 1.86 bits per heavy atom. The van der Waals surface area contributed by atoms with E-state index in [4.69, 9.17) is 0 Å². The van der Waals surface area contributed by atoms with Crippen molar-refractivity contribution < 1.29 is 4.92 Å². The van der Waals surface area contributed by atoms with E-state index < -0.39 is 4.92 Å². The van der Waals surface area contributed by atoms with E-state index in [-0.39, 0.29) is 16.7 Å². The second-order valence-corrected chi connectivity index (χ2v) is 8.73. The molecule has 0 saturated carbocycles. The largest absolute Gasteiger partial charge is 0.291 e. The molecule has 0 radical (unpaired) electrons. The molecule has 0 saturated heterocycles. The third-order valence-electron chi connectivity index (χ3n) is 4.57. The van der Waals surface area contributed by atoms with Crippen LogP contribution in [-0.2, 0) is 5.41 Å². The third kappa shape index (κ3) is 3.66. The van der Waals surface area contributed by atoms with Gasteiger partial charge in [-0.3, -0.25) is 14.9 Å². The lowest BCUT2D eigenvalue weighted by Crippen LogP contribution is -2.23. The second kappa shape index (κ2) is 6.89. The van der Waals surface area contributed by atoms with Crippen molar-refractivity contribution in [1.29, 1.82) is 0 Å². The summed E-state index contributed by atoms with van der Waals surface area (Å²) in [5, 5.41) is 15.3. The number of thiazole rings is 1. The highest BCUT2D eigenvalue weighted by Gasteiger charge is 2.15. The van der Waals surface area contributed by atoms with Crippen LogP contribution in [0.2, 0.25) is 0 Å². The van der Waals surface area contributed by atoms with E-state index in [1.807, 2.05) is 24.3 Å². The first-order chi connectivity index (χ1) is 13.7. The first-order valence-corrected chi connectivity index (χ1v) is 9.81. The van der Waals surface area contributed by atoms with Gasteiger partial charge >= 0.3 is 0 Å². The van der Waals surface area contributed by atoms with Gasteiger partial charge in [-0.15, -0.1) is 5.10 Å². The van der Waals surface area contributed by atoms with Crippen molar-refractivity contribution in [2.24, 2.45) is 0 Å². The summed E-state index contributed by atoms with van der Waals surface area (Å²) in [5.41, 5.74) is 2.38. The fourth-order valence-electron chi connectivity index (χ4n) is 2.95. The Hall–Kier alpha value is -3.39. The lowest BCUT2D eigenvalue weighted by molar-refractivity contribution is -0.384. The highest BCUT2D eigenvalue weighted by Crippen LogP contribution is 2.25. The van der Waals surface area contributed by atoms with Gasteiger partial charge in [0.2, 0.25) is 4.96 Å². The predicted molar refractivity (Wildman–Crippen MR) is 113 cm³/mol. The van der Waals surface area contributed by atoms with Gasteiger partial charge in [-0.2, -0.15) is 9.50 Å². The number of nitro benzene ring substituents is 1. The quantitative estimate of drug-likeness (QED) is 0.383. The molecule has 0 spiro atoms. The number of fused-ring (bicyclic) bond motifs is 1. The summed E-state index contributed by atoms with van der Waals surface area (Å²) in [7, 11) is 0. The molecule has 0 aliphatic heterocycles. The highest BCUT2D eigenvalue weighted by molar-refractivity contribution is 7.15. The Balaban J connectivity index is 1.72. The van der Waals surface area contributed by atoms with Gasteiger partial charge in [-0.05, 0) is 22.6 Å². The zero-order chi connectivity index (χ0) is 20.8. The maximum absolute atomic E-state index is 12.7. The first kappa shape index (κ1) is 18.9. The van der Waals surface area contributed by atoms with Gasteiger partial charge in [0.1, 0.15) is 0 Å². The summed E-state index contributed by atoms with van der Waals surface area (Å²) in [4.78, 5) is 28.1. The molecule has 0 N–H and O–H groups in total. The normalized spacial score (nSPS) is 12.6. The second-order valence-electron chi connectivity index (χ2n) is 7.73. The summed E-state index contributed by atoms with van der Waals surface area (Å²) < 4.78 is 1.70. The minimum atomic E-state index is -0.463. The number of aromatic nitrogens is 3. The number of nitro groups is 1. The smallest absolute Gasteiger partial charge is 0.266 e. The Kier molecular flexibility index (Phi) is 4.50. The van der Waals surface area contributed by atoms with E-state index in [9.17, 15) is 14.9 Å². The molecule has 7 nitrogen and oxygen atoms in total. The Morgan fingerprint density at radius 3 is 2.48 bits per heavy atom. The molecule has 0 amide bonds. The van der Waals surface area contributed by atoms with Gasteiger partial charge < -0.3 is 0 Å². The van der Waals surface area contributed by atoms with E-state index >= 15 is 0 Å². The van der Waals surface area contributed by atoms with Crippen LogP contribution in [-0.4, -0.2) is 19.5 Å². The number of nitrogens with zero attached hydrogens (tertiary/aromatic N) is 4. The predicted octanol–water partition coefficient (Wildman–Crippen LogP) is 3.57. The average Bonchev–Trinajstić information content (AvgIpc) is 3.21. The Labute approximate surface area is 170 Å². The molecule has 2 aromatic carbocycles. The van der Waals surface area contributed by atoms with Crippen LogP contribution in [0.3, 0.4) is 0 Å². The molecule has 2 heterocycles. The van der Waals surface area contributed by atoms with Gasteiger partial charge in [0.25, 0.3) is 11.2 Å². The van der Waals surface area contributed by atoms with E-state index in [2.05, 4.69) is 30.9 Å². The zero-order valence-electron chi connectivity index (χ0n) is 16.1. The van der Waals surface area contributed by atoms with E-state index in [1.165, 1.54) is 33.5 Å². The van der Waals surface area contributed by atoms with Crippen LogP contribution in [0.15, 0.2) is 53.3 Å². The van der Waals surface area contributed by atoms with Crippen molar-refractivity contribution >= 4 is 28.1 Å². The molecule has 0 bridgehead atoms. The van der Waals surface area contributed by atoms with Crippen LogP contribution < -0.4 is 10.1 Å². The van der Waals surface area contributed by atoms with Crippen LogP contribution in [0.5, 0.6) is 0 Å². The first-order valence-electron chi connectivity index (χ1n) is 8.99. The number of non-ortho nitro benzene ring substituents is 1. The highest BCUT2D eigenvalue weighted by atomic mass is 32.1. The molecule has 0 unspecified atom stereocenters. The van der Waals surface area contributed by atoms with Crippen molar-refractivity contribution in [3.05, 3.63) is 84.7 Å². The van der Waals surface area contributed by atoms with Gasteiger partial charge in [0, 0.05) is 17.7 Å². The molecule has 0 aliphatic carbocycles. The lowest BCUT2D eigenvalue weighted by Gasteiger charge is -2.18. The van der Waals surface area contributed by atoms with Crippen LogP contribution in [0.25, 0.3) is 22.4 Å². The molecular formula is C21H18N4O3S. The molecule has 146 valence electrons. The van der Waals surface area contributed by atoms with Gasteiger partial charge in [0.15, 0.2) is 5.82 Å². The van der Waals surface area contributed by atoms with Crippen molar-refractivity contribution in [2.75, 3.05) is 0 Å². The number of hydrogen-bond acceptors (Lipinski definition) is 6. The van der Waals surface area contributed by atoms with E-state index in [0.29, 0.717) is 20.9 Å². The van der Waals surface area contributed by atoms with Crippen molar-refractivity contribution in [1.82, 2.24) is 14.6 Å². The maximum atomic E-state index is 12.7. The summed E-state index contributed by atoms with van der Waals surface area (Å²) in [6.45, 7) is 6.45. The molecule has 4 aromatic rings. The van der Waals surface area contributed by atoms with Gasteiger partial charge in [0.05, 0.1) is 9.46 Å². The minimum Gasteiger partial charge on any atom is -0.266 e. The average molecular weight is 406 g/mol. The van der Waals surface area contributed by atoms with E-state index in [1.54, 1.807) is 18.2 Å². The molecule has 4 rings (SSSR count). The third-order valence-corrected chi connectivity index (χ3v) is 5.53. The number of rotatable bonds is 3. The fraction of sp³-hybridized carbons (Fsp3) is 0.190. The molecule has 8 heteroatoms. The molecule has 29 heavy (non-hydrogen) atoms. The molecule has 0 fully saturated rings. The summed E-state index contributed by atoms with van der Waals surface area (Å²) in [5.74, 6) is 0.496. The SMILES string of the molecule is CC(C)(C)c1ccc(-c2nc3sc(=Cc4cccc([N+](=O)[O-])c4)c(=O)n3n2)cc1. The minimum absolute atomic E-state index is 0.0216. The zero-order valence-corrected chi connectivity index (χ0v) is 16.9. The molecule has 0 aliphatic rings. The van der Waals surface area contributed by atoms with Crippen LogP contribution >= 0.6 is 11.3 Å². The Morgan fingerprint density at radius 1 is 1.14 bits per heavy atom. The van der Waals surface area contributed by atoms with Crippen molar-refractivity contribution in [3.63, 3.8) is 0 Å². The topological polar surface area (TPSA) is 90.4 Å². The van der Waals surface area contributed by atoms with Crippen molar-refractivity contribution in [2.45, 2.75) is 26.2 Å². The van der Waals surface area contributed by atoms with Gasteiger partial charge in [-0.1, -0.05) is 68.5 Å². The summed E-state index contributed by atoms with van der Waals surface area (Å²) in [6.07, 6.45) is 1.62. The Bertz CT molecular complexity index is 1330. The standard InChI is InChI=1S/C21H18N4O3S/c1-21(2,3)15-9-7-14(8-10-15)18-22-20-24(23-18)19(26)17(29-20)12-13-5-4-6-16(11-13)25(27)28/h4-12H,1-3H3. The molecule has 0 atom stereocenters. The monoisotopic (exact) mass is 406 g/mol. The molecular weight excluding hydrogens is 388 g/mol. The van der Waals surface area contributed by atoms with Crippen LogP contribution in [0.1, 0.15) is 31.9 Å². The maximum Gasteiger partial charge on any atom is 0.291 e. The summed E-state index contributed by atoms with van der Waals surface area (Å²) in [6, 6.07) is 14.2. The van der Waals surface area contributed by atoms with Gasteiger partial charge in [-0.25, -0.2) is 0 Å². The fourth-order valence-corrected chi connectivity index (χ4v) is 3.86. The number of benzene rings is 2. The van der Waals surface area contributed by atoms with Crippen LogP contribution in [0.4, 0.5) is 5.69 Å². The van der Waals surface area contributed by atoms with Crippen LogP contribution in [0, 0.1) is 10.1 Å². The van der Waals surface area contributed by atoms with E-state index in [0.717, 1.165) is 5.56 Å². The van der Waals surface area contributed by atoms with Crippen molar-refractivity contribution in [3.8, 4) is 11.4 Å². The summed E-state index contributed by atoms with van der Waals surface area (Å²) >= 11 is 1.21.